The Morgan fingerprint density at radius 2 is 0.786 bits per heavy atom. The Hall–Kier alpha value is -1.94. The molecule has 0 aliphatic carbocycles. The summed E-state index contributed by atoms with van der Waals surface area (Å²) in [6.07, 6.45) is 0.618. The summed E-state index contributed by atoms with van der Waals surface area (Å²) in [4.78, 5) is 70.1. The van der Waals surface area contributed by atoms with E-state index in [0.29, 0.717) is 19.3 Å². The zero-order chi connectivity index (χ0) is 21.5. The van der Waals surface area contributed by atoms with Gasteiger partial charge in [0.15, 0.2) is 0 Å². The Labute approximate surface area is 170 Å². The van der Waals surface area contributed by atoms with Crippen LogP contribution < -0.4 is 0 Å². The zero-order valence-corrected chi connectivity index (χ0v) is 19.0. The molecule has 0 bridgehead atoms. The molecular formula is C18H27GaO9. The summed E-state index contributed by atoms with van der Waals surface area (Å²) >= 11 is -4.20. The predicted octanol–water partition coefficient (Wildman–Crippen LogP) is 1.88. The van der Waals surface area contributed by atoms with Crippen LogP contribution in [0, 0.1) is 0 Å². The summed E-state index contributed by atoms with van der Waals surface area (Å²) in [5.41, 5.74) is 0. The molecule has 0 aromatic heterocycles. The Morgan fingerprint density at radius 3 is 1.00 bits per heavy atom. The minimum atomic E-state index is -4.20. The van der Waals surface area contributed by atoms with E-state index in [1.807, 2.05) is 0 Å². The topological polar surface area (TPSA) is 130 Å². The van der Waals surface area contributed by atoms with Crippen molar-refractivity contribution in [2.24, 2.45) is 0 Å². The van der Waals surface area contributed by atoms with Crippen LogP contribution in [0.25, 0.3) is 0 Å². The number of rotatable bonds is 15. The van der Waals surface area contributed by atoms with Gasteiger partial charge in [0, 0.05) is 0 Å². The van der Waals surface area contributed by atoms with Gasteiger partial charge in [0.25, 0.3) is 0 Å². The van der Waals surface area contributed by atoms with Crippen LogP contribution >= 0.6 is 0 Å². The van der Waals surface area contributed by atoms with Gasteiger partial charge in [-0.2, -0.15) is 0 Å². The standard InChI is InChI=1S/3C6H10O3.Ga/c3*1-2-3-5(7)4-6(8)9;/h3*2-4H2,1H3,(H,8,9);/q;;;+3/p-3. The molecule has 0 heterocycles. The molecule has 0 unspecified atom stereocenters. The molecule has 10 heteroatoms. The Balaban J connectivity index is 4.89. The third-order valence-corrected chi connectivity index (χ3v) is 6.16. The number of hydrogen-bond acceptors (Lipinski definition) is 9. The summed E-state index contributed by atoms with van der Waals surface area (Å²) in [5, 5.41) is 0. The second-order valence-corrected chi connectivity index (χ2v) is 8.85. The average Bonchev–Trinajstić information content (AvgIpc) is 2.54. The quantitative estimate of drug-likeness (QED) is 0.267. The first-order valence-corrected chi connectivity index (χ1v) is 12.3. The maximum atomic E-state index is 11.8. The Bertz CT molecular complexity index is 505. The predicted molar refractivity (Wildman–Crippen MR) is 97.6 cm³/mol. The maximum absolute atomic E-state index is 11.8. The Morgan fingerprint density at radius 1 is 0.536 bits per heavy atom. The van der Waals surface area contributed by atoms with Crippen LogP contribution in [0.15, 0.2) is 0 Å². The van der Waals surface area contributed by atoms with Gasteiger partial charge in [0.1, 0.15) is 0 Å². The van der Waals surface area contributed by atoms with E-state index in [1.165, 1.54) is 0 Å². The van der Waals surface area contributed by atoms with Crippen LogP contribution in [0.1, 0.15) is 78.6 Å². The molecule has 0 atom stereocenters. The van der Waals surface area contributed by atoms with Crippen LogP contribution in [0.3, 0.4) is 0 Å². The fraction of sp³-hybridized carbons (Fsp3) is 0.667. The molecule has 0 spiro atoms. The van der Waals surface area contributed by atoms with Crippen molar-refractivity contribution in [1.82, 2.24) is 0 Å². The van der Waals surface area contributed by atoms with E-state index in [2.05, 4.69) is 0 Å². The first-order chi connectivity index (χ1) is 13.2. The summed E-state index contributed by atoms with van der Waals surface area (Å²) in [5.74, 6) is -3.98. The number of carbonyl (C=O) groups is 6. The van der Waals surface area contributed by atoms with Gasteiger partial charge in [-0.1, -0.05) is 0 Å². The molecule has 9 nitrogen and oxygen atoms in total. The first-order valence-electron chi connectivity index (χ1n) is 9.35. The van der Waals surface area contributed by atoms with Crippen molar-refractivity contribution in [2.75, 3.05) is 0 Å². The van der Waals surface area contributed by atoms with E-state index < -0.39 is 54.5 Å². The molecule has 28 heavy (non-hydrogen) atoms. The van der Waals surface area contributed by atoms with Gasteiger partial charge in [-0.3, -0.25) is 0 Å². The van der Waals surface area contributed by atoms with E-state index in [1.54, 1.807) is 20.8 Å². The molecule has 0 N–H and O–H groups in total. The molecule has 0 saturated carbocycles. The molecular weight excluding hydrogens is 430 g/mol. The van der Waals surface area contributed by atoms with Crippen molar-refractivity contribution in [3.63, 3.8) is 0 Å². The van der Waals surface area contributed by atoms with Gasteiger partial charge in [-0.05, 0) is 0 Å². The third-order valence-electron chi connectivity index (χ3n) is 3.29. The normalized spacial score (nSPS) is 9.96. The average molecular weight is 457 g/mol. The molecule has 0 radical (unpaired) electrons. The summed E-state index contributed by atoms with van der Waals surface area (Å²) in [6, 6.07) is 0. The molecule has 0 aromatic rings. The minimum absolute atomic E-state index is 0.184. The van der Waals surface area contributed by atoms with Crippen molar-refractivity contribution in [3.05, 3.63) is 0 Å². The van der Waals surface area contributed by atoms with E-state index in [9.17, 15) is 28.8 Å². The van der Waals surface area contributed by atoms with Crippen LogP contribution in [0.2, 0.25) is 0 Å². The van der Waals surface area contributed by atoms with Crippen molar-refractivity contribution in [1.29, 1.82) is 0 Å². The van der Waals surface area contributed by atoms with Crippen molar-refractivity contribution >= 4 is 52.6 Å². The molecule has 0 fully saturated rings. The van der Waals surface area contributed by atoms with E-state index in [4.69, 9.17) is 10.6 Å². The fourth-order valence-electron chi connectivity index (χ4n) is 2.10. The van der Waals surface area contributed by atoms with E-state index >= 15 is 0 Å². The number of ketones is 3. The van der Waals surface area contributed by atoms with E-state index in [-0.39, 0.29) is 36.6 Å². The van der Waals surface area contributed by atoms with Crippen molar-refractivity contribution in [3.8, 4) is 0 Å². The SMILES string of the molecule is CCCC(=O)CC(=O)[O][Ga]([O]C(=O)CC(=O)CCC)[O]C(=O)CC(=O)CCC. The second kappa shape index (κ2) is 15.0. The molecule has 0 saturated heterocycles. The van der Waals surface area contributed by atoms with Crippen LogP contribution in [0.4, 0.5) is 0 Å². The molecule has 0 aliphatic rings. The van der Waals surface area contributed by atoms with Gasteiger partial charge < -0.3 is 0 Å². The van der Waals surface area contributed by atoms with Gasteiger partial charge in [0.05, 0.1) is 0 Å². The van der Waals surface area contributed by atoms with Gasteiger partial charge in [-0.15, -0.1) is 0 Å². The molecule has 156 valence electrons. The van der Waals surface area contributed by atoms with E-state index in [0.717, 1.165) is 0 Å². The molecule has 0 rings (SSSR count). The van der Waals surface area contributed by atoms with Gasteiger partial charge in [0.2, 0.25) is 0 Å². The summed E-state index contributed by atoms with van der Waals surface area (Å²) in [6.45, 7) is 5.32. The van der Waals surface area contributed by atoms with Crippen LogP contribution in [0.5, 0.6) is 0 Å². The number of Topliss-reactive ketones (excluding diaryl/α,β-unsaturated/α-hetero) is 3. The zero-order valence-electron chi connectivity index (χ0n) is 16.6. The van der Waals surface area contributed by atoms with Crippen molar-refractivity contribution in [2.45, 2.75) is 78.6 Å². The second-order valence-electron chi connectivity index (χ2n) is 6.15. The monoisotopic (exact) mass is 456 g/mol. The summed E-state index contributed by atoms with van der Waals surface area (Å²) < 4.78 is 14.7. The van der Waals surface area contributed by atoms with Crippen LogP contribution in [-0.2, 0) is 39.4 Å². The van der Waals surface area contributed by atoms with Crippen LogP contribution in [-0.4, -0.2) is 52.6 Å². The Kier molecular flexibility index (Phi) is 14.0. The fourth-order valence-corrected chi connectivity index (χ4v) is 4.28. The van der Waals surface area contributed by atoms with Gasteiger partial charge in [-0.25, -0.2) is 0 Å². The molecule has 0 amide bonds. The number of hydrogen-bond donors (Lipinski definition) is 0. The molecule has 0 aliphatic heterocycles. The third kappa shape index (κ3) is 13.3. The first kappa shape index (κ1) is 26.1. The van der Waals surface area contributed by atoms with Gasteiger partial charge >= 0.3 is 170 Å². The molecule has 0 aromatic carbocycles. The van der Waals surface area contributed by atoms with Crippen molar-refractivity contribution < 1.29 is 39.4 Å². The summed E-state index contributed by atoms with van der Waals surface area (Å²) in [7, 11) is 0. The number of carbonyl (C=O) groups excluding carboxylic acids is 6.